The lowest BCUT2D eigenvalue weighted by Gasteiger charge is -2.23. The van der Waals surface area contributed by atoms with Crippen LogP contribution in [0.3, 0.4) is 0 Å². The number of aliphatic carboxylic acids is 1. The Kier molecular flexibility index (Phi) is 3.37. The second-order valence-electron chi connectivity index (χ2n) is 7.16. The highest BCUT2D eigenvalue weighted by Gasteiger charge is 2.55. The summed E-state index contributed by atoms with van der Waals surface area (Å²) in [4.78, 5) is 37.7. The number of aryl methyl sites for hydroxylation is 1. The quantitative estimate of drug-likeness (QED) is 0.868. The highest BCUT2D eigenvalue weighted by atomic mass is 16.4. The van der Waals surface area contributed by atoms with Crippen molar-refractivity contribution in [1.82, 2.24) is 4.90 Å². The van der Waals surface area contributed by atoms with Gasteiger partial charge >= 0.3 is 5.97 Å². The number of hydrogen-bond acceptors (Lipinski definition) is 3. The summed E-state index contributed by atoms with van der Waals surface area (Å²) in [7, 11) is 0. The molecule has 2 N–H and O–H groups in total. The Bertz CT molecular complexity index is 745. The van der Waals surface area contributed by atoms with Crippen LogP contribution in [0.2, 0.25) is 0 Å². The van der Waals surface area contributed by atoms with Gasteiger partial charge in [-0.15, -0.1) is 0 Å². The van der Waals surface area contributed by atoms with Crippen molar-refractivity contribution >= 4 is 23.5 Å². The summed E-state index contributed by atoms with van der Waals surface area (Å²) < 4.78 is 0. The third-order valence-electron chi connectivity index (χ3n) is 5.83. The highest BCUT2D eigenvalue weighted by molar-refractivity contribution is 5.98. The number of hydrogen-bond donors (Lipinski definition) is 2. The fourth-order valence-electron chi connectivity index (χ4n) is 4.49. The van der Waals surface area contributed by atoms with Gasteiger partial charge in [0.05, 0.1) is 5.41 Å². The predicted molar refractivity (Wildman–Crippen MR) is 86.7 cm³/mol. The number of carbonyl (C=O) groups is 3. The first kappa shape index (κ1) is 15.2. The third-order valence-corrected chi connectivity index (χ3v) is 5.83. The minimum Gasteiger partial charge on any atom is -0.481 e. The van der Waals surface area contributed by atoms with E-state index in [1.54, 1.807) is 17.0 Å². The van der Waals surface area contributed by atoms with E-state index in [2.05, 4.69) is 5.32 Å². The lowest BCUT2D eigenvalue weighted by Crippen LogP contribution is -2.37. The van der Waals surface area contributed by atoms with Crippen molar-refractivity contribution in [2.75, 3.05) is 18.4 Å². The van der Waals surface area contributed by atoms with Gasteiger partial charge in [0.15, 0.2) is 0 Å². The van der Waals surface area contributed by atoms with Crippen LogP contribution in [-0.2, 0) is 16.0 Å². The molecule has 2 amide bonds. The molecule has 2 aliphatic heterocycles. The number of carbonyl (C=O) groups excluding carboxylic acids is 2. The predicted octanol–water partition coefficient (Wildman–Crippen LogP) is 1.90. The maximum Gasteiger partial charge on any atom is 0.311 e. The molecule has 4 rings (SSSR count). The molecule has 0 aromatic heterocycles. The summed E-state index contributed by atoms with van der Waals surface area (Å²) in [5.41, 5.74) is 1.55. The largest absolute Gasteiger partial charge is 0.481 e. The first-order valence-electron chi connectivity index (χ1n) is 8.45. The smallest absolute Gasteiger partial charge is 0.311 e. The number of nitrogens with zero attached hydrogens (tertiary/aromatic N) is 1. The fraction of sp³-hybridized carbons (Fsp3) is 0.500. The molecule has 6 heteroatoms. The molecule has 0 unspecified atom stereocenters. The zero-order chi connectivity index (χ0) is 16.9. The summed E-state index contributed by atoms with van der Waals surface area (Å²) in [5.74, 6) is -0.814. The number of nitrogens with one attached hydrogen (secondary N) is 1. The molecule has 2 heterocycles. The number of carboxylic acid groups (broad SMARTS) is 1. The van der Waals surface area contributed by atoms with E-state index in [4.69, 9.17) is 0 Å². The van der Waals surface area contributed by atoms with Gasteiger partial charge in [0.2, 0.25) is 5.91 Å². The van der Waals surface area contributed by atoms with Crippen LogP contribution < -0.4 is 5.32 Å². The van der Waals surface area contributed by atoms with Gasteiger partial charge in [-0.1, -0.05) is 6.42 Å². The molecular formula is C18H20N2O4. The van der Waals surface area contributed by atoms with Crippen molar-refractivity contribution in [2.24, 2.45) is 11.3 Å². The van der Waals surface area contributed by atoms with E-state index in [1.165, 1.54) is 0 Å². The average Bonchev–Trinajstić information content (AvgIpc) is 3.12. The summed E-state index contributed by atoms with van der Waals surface area (Å²) >= 11 is 0. The van der Waals surface area contributed by atoms with E-state index >= 15 is 0 Å². The minimum absolute atomic E-state index is 0.00246. The fourth-order valence-corrected chi connectivity index (χ4v) is 4.49. The average molecular weight is 328 g/mol. The maximum absolute atomic E-state index is 12.8. The highest BCUT2D eigenvalue weighted by Crippen LogP contribution is 2.49. The van der Waals surface area contributed by atoms with Crippen LogP contribution >= 0.6 is 0 Å². The lowest BCUT2D eigenvalue weighted by molar-refractivity contribution is -0.149. The van der Waals surface area contributed by atoms with Gasteiger partial charge in [0.1, 0.15) is 0 Å². The first-order valence-corrected chi connectivity index (χ1v) is 8.45. The SMILES string of the molecule is O=C1CCc2cc(C(=O)N3C[C@@H]4CCC[C@@]4(C(=O)O)C3)ccc2N1. The van der Waals surface area contributed by atoms with Crippen LogP contribution in [-0.4, -0.2) is 40.9 Å². The lowest BCUT2D eigenvalue weighted by atomic mass is 9.81. The normalized spacial score (nSPS) is 28.2. The standard InChI is InChI=1S/C18H20N2O4/c21-15-6-4-11-8-12(3-5-14(11)19-15)16(22)20-9-13-2-1-7-18(13,10-20)17(23)24/h3,5,8,13H,1-2,4,6-7,9-10H2,(H,19,21)(H,23,24)/t13-,18+/m0/s1. The monoisotopic (exact) mass is 328 g/mol. The topological polar surface area (TPSA) is 86.7 Å². The molecule has 0 radical (unpaired) electrons. The van der Waals surface area contributed by atoms with E-state index in [0.29, 0.717) is 37.9 Å². The summed E-state index contributed by atoms with van der Waals surface area (Å²) in [6.07, 6.45) is 3.53. The van der Waals surface area contributed by atoms with Crippen molar-refractivity contribution in [3.63, 3.8) is 0 Å². The molecular weight excluding hydrogens is 308 g/mol. The van der Waals surface area contributed by atoms with Crippen LogP contribution in [0.5, 0.6) is 0 Å². The van der Waals surface area contributed by atoms with Crippen molar-refractivity contribution in [3.05, 3.63) is 29.3 Å². The Hall–Kier alpha value is -2.37. The zero-order valence-electron chi connectivity index (χ0n) is 13.4. The molecule has 6 nitrogen and oxygen atoms in total. The van der Waals surface area contributed by atoms with Crippen LogP contribution in [0.15, 0.2) is 18.2 Å². The molecule has 2 fully saturated rings. The van der Waals surface area contributed by atoms with Crippen LogP contribution in [0.1, 0.15) is 41.6 Å². The van der Waals surface area contributed by atoms with Gasteiger partial charge in [0.25, 0.3) is 5.91 Å². The Morgan fingerprint density at radius 2 is 2.12 bits per heavy atom. The van der Waals surface area contributed by atoms with Gasteiger partial charge in [0, 0.05) is 30.8 Å². The molecule has 1 aromatic rings. The van der Waals surface area contributed by atoms with Gasteiger partial charge in [-0.25, -0.2) is 0 Å². The summed E-state index contributed by atoms with van der Waals surface area (Å²) in [6.45, 7) is 0.832. The second kappa shape index (κ2) is 5.33. The molecule has 0 bridgehead atoms. The number of benzene rings is 1. The Labute approximate surface area is 139 Å². The van der Waals surface area contributed by atoms with Crippen LogP contribution in [0.4, 0.5) is 5.69 Å². The molecule has 0 spiro atoms. The number of anilines is 1. The van der Waals surface area contributed by atoms with E-state index in [1.807, 2.05) is 6.07 Å². The van der Waals surface area contributed by atoms with Crippen molar-refractivity contribution < 1.29 is 19.5 Å². The second-order valence-corrected chi connectivity index (χ2v) is 7.16. The molecule has 1 saturated heterocycles. The molecule has 2 atom stereocenters. The third kappa shape index (κ3) is 2.20. The van der Waals surface area contributed by atoms with Crippen molar-refractivity contribution in [3.8, 4) is 0 Å². The van der Waals surface area contributed by atoms with Gasteiger partial charge < -0.3 is 15.3 Å². The van der Waals surface area contributed by atoms with Crippen molar-refractivity contribution in [2.45, 2.75) is 32.1 Å². The molecule has 3 aliphatic rings. The molecule has 1 aromatic carbocycles. The van der Waals surface area contributed by atoms with Crippen molar-refractivity contribution in [1.29, 1.82) is 0 Å². The Morgan fingerprint density at radius 1 is 1.29 bits per heavy atom. The van der Waals surface area contributed by atoms with Gasteiger partial charge in [-0.3, -0.25) is 14.4 Å². The number of fused-ring (bicyclic) bond motifs is 2. The number of likely N-dealkylation sites (tertiary alicyclic amines) is 1. The first-order chi connectivity index (χ1) is 11.5. The van der Waals surface area contributed by atoms with E-state index in [9.17, 15) is 19.5 Å². The van der Waals surface area contributed by atoms with Crippen LogP contribution in [0.25, 0.3) is 0 Å². The Morgan fingerprint density at radius 3 is 2.88 bits per heavy atom. The van der Waals surface area contributed by atoms with Gasteiger partial charge in [-0.05, 0) is 48.9 Å². The van der Waals surface area contributed by atoms with E-state index in [0.717, 1.165) is 24.1 Å². The van der Waals surface area contributed by atoms with E-state index < -0.39 is 11.4 Å². The molecule has 24 heavy (non-hydrogen) atoms. The maximum atomic E-state index is 12.8. The number of amides is 2. The van der Waals surface area contributed by atoms with Gasteiger partial charge in [-0.2, -0.15) is 0 Å². The number of rotatable bonds is 2. The zero-order valence-corrected chi connectivity index (χ0v) is 13.4. The summed E-state index contributed by atoms with van der Waals surface area (Å²) in [5, 5.41) is 12.5. The molecule has 1 saturated carbocycles. The molecule has 1 aliphatic carbocycles. The summed E-state index contributed by atoms with van der Waals surface area (Å²) in [6, 6.07) is 5.32. The molecule has 126 valence electrons. The van der Waals surface area contributed by atoms with Crippen LogP contribution in [0, 0.1) is 11.3 Å². The number of carboxylic acids is 1. The Balaban J connectivity index is 1.57. The van der Waals surface area contributed by atoms with E-state index in [-0.39, 0.29) is 17.7 Å². The minimum atomic E-state index is -0.770.